The number of nitrogens with one attached hydrogen (secondary N) is 1. The molecule has 5 nitrogen and oxygen atoms in total. The molecule has 5 heteroatoms. The van der Waals surface area contributed by atoms with Crippen molar-refractivity contribution >= 4 is 5.82 Å². The van der Waals surface area contributed by atoms with Crippen LogP contribution in [0.3, 0.4) is 0 Å². The summed E-state index contributed by atoms with van der Waals surface area (Å²) in [6.07, 6.45) is 6.56. The number of oxazole rings is 1. The van der Waals surface area contributed by atoms with E-state index < -0.39 is 0 Å². The first kappa shape index (κ1) is 13.2. The third-order valence-corrected chi connectivity index (χ3v) is 1.33. The zero-order valence-electron chi connectivity index (χ0n) is 9.64. The number of nitrogens with zero attached hydrogens (tertiary/aromatic N) is 3. The molecule has 0 atom stereocenters. The fourth-order valence-corrected chi connectivity index (χ4v) is 0.681. The van der Waals surface area contributed by atoms with E-state index in [0.717, 1.165) is 5.82 Å². The fraction of sp³-hybridized carbons (Fsp3) is 0.400. The third-order valence-electron chi connectivity index (χ3n) is 1.33. The average molecular weight is 210 g/mol. The minimum atomic E-state index is 0.764. The van der Waals surface area contributed by atoms with Crippen molar-refractivity contribution in [3.05, 3.63) is 31.1 Å². The molecule has 0 aliphatic heterocycles. The summed E-state index contributed by atoms with van der Waals surface area (Å²) in [5.41, 5.74) is 0. The molecule has 0 radical (unpaired) electrons. The molecule has 2 rings (SSSR count). The van der Waals surface area contributed by atoms with Crippen LogP contribution in [0.4, 0.5) is 5.82 Å². The lowest BCUT2D eigenvalue weighted by Crippen LogP contribution is -1.84. The molecule has 0 fully saturated rings. The molecule has 84 valence electrons. The van der Waals surface area contributed by atoms with Gasteiger partial charge in [-0.05, 0) is 6.07 Å². The normalized spacial score (nSPS) is 8.00. The summed E-state index contributed by atoms with van der Waals surface area (Å²) in [5, 5.41) is 6.64. The second-order valence-corrected chi connectivity index (χ2v) is 2.30. The number of hydrogen-bond acceptors (Lipinski definition) is 4. The van der Waals surface area contributed by atoms with Gasteiger partial charge in [-0.2, -0.15) is 10.1 Å². The summed E-state index contributed by atoms with van der Waals surface area (Å²) in [7, 11) is 3.68. The van der Waals surface area contributed by atoms with Crippen LogP contribution >= 0.6 is 0 Å². The van der Waals surface area contributed by atoms with Gasteiger partial charge in [-0.15, -0.1) is 0 Å². The van der Waals surface area contributed by atoms with E-state index >= 15 is 0 Å². The van der Waals surface area contributed by atoms with Crippen LogP contribution in [0.2, 0.25) is 0 Å². The minimum Gasteiger partial charge on any atom is -0.449 e. The Hall–Kier alpha value is -1.78. The molecule has 0 spiro atoms. The molecule has 0 saturated heterocycles. The van der Waals surface area contributed by atoms with Gasteiger partial charge < -0.3 is 9.73 Å². The van der Waals surface area contributed by atoms with Crippen LogP contribution in [0.25, 0.3) is 0 Å². The van der Waals surface area contributed by atoms with Crippen molar-refractivity contribution in [2.45, 2.75) is 13.8 Å². The Morgan fingerprint density at radius 3 is 2.33 bits per heavy atom. The van der Waals surface area contributed by atoms with Crippen molar-refractivity contribution in [1.82, 2.24) is 14.8 Å². The molecule has 1 N–H and O–H groups in total. The van der Waals surface area contributed by atoms with Gasteiger partial charge in [0.15, 0.2) is 12.2 Å². The Morgan fingerprint density at radius 1 is 1.40 bits per heavy atom. The molecule has 2 heterocycles. The van der Waals surface area contributed by atoms with Crippen molar-refractivity contribution in [3.8, 4) is 0 Å². The van der Waals surface area contributed by atoms with Gasteiger partial charge >= 0.3 is 0 Å². The Labute approximate surface area is 90.1 Å². The molecule has 0 amide bonds. The highest BCUT2D eigenvalue weighted by Crippen LogP contribution is 1.96. The summed E-state index contributed by atoms with van der Waals surface area (Å²) in [6, 6.07) is 1.89. The van der Waals surface area contributed by atoms with Crippen LogP contribution in [0.15, 0.2) is 35.5 Å². The van der Waals surface area contributed by atoms with Gasteiger partial charge in [0.05, 0.1) is 0 Å². The largest absolute Gasteiger partial charge is 0.449 e. The van der Waals surface area contributed by atoms with E-state index in [1.54, 1.807) is 24.2 Å². The molecule has 2 aromatic rings. The number of aromatic nitrogens is 3. The molecule has 0 aliphatic rings. The van der Waals surface area contributed by atoms with Crippen molar-refractivity contribution in [3.63, 3.8) is 0 Å². The standard InChI is InChI=1S/C4H6N2O.C4H6N2.C2H6/c1-5-4-2-7-3-6-4;1-6-4-2-3-5-6;1-2/h2-3,5H,1H3;2-4H,1H3;1-2H3. The van der Waals surface area contributed by atoms with Crippen molar-refractivity contribution in [1.29, 1.82) is 0 Å². The van der Waals surface area contributed by atoms with Gasteiger partial charge in [0.25, 0.3) is 0 Å². The van der Waals surface area contributed by atoms with Gasteiger partial charge in [-0.25, -0.2) is 0 Å². The van der Waals surface area contributed by atoms with E-state index in [9.17, 15) is 0 Å². The van der Waals surface area contributed by atoms with Gasteiger partial charge in [-0.3, -0.25) is 4.68 Å². The van der Waals surface area contributed by atoms with Gasteiger partial charge in [0.2, 0.25) is 0 Å². The molecule has 2 aromatic heterocycles. The SMILES string of the molecule is CC.CNc1cocn1.Cn1cccn1. The average Bonchev–Trinajstić information content (AvgIpc) is 2.93. The van der Waals surface area contributed by atoms with Crippen LogP contribution < -0.4 is 5.32 Å². The molecule has 0 aromatic carbocycles. The second-order valence-electron chi connectivity index (χ2n) is 2.30. The topological polar surface area (TPSA) is 55.9 Å². The number of rotatable bonds is 1. The van der Waals surface area contributed by atoms with E-state index in [4.69, 9.17) is 0 Å². The van der Waals surface area contributed by atoms with E-state index in [1.807, 2.05) is 33.2 Å². The summed E-state index contributed by atoms with van der Waals surface area (Å²) in [4.78, 5) is 3.76. The first-order valence-corrected chi connectivity index (χ1v) is 4.82. The Kier molecular flexibility index (Phi) is 7.76. The number of anilines is 1. The van der Waals surface area contributed by atoms with E-state index in [-0.39, 0.29) is 0 Å². The molecule has 0 saturated carbocycles. The zero-order chi connectivity index (χ0) is 11.5. The highest BCUT2D eigenvalue weighted by Gasteiger charge is 1.83. The van der Waals surface area contributed by atoms with Gasteiger partial charge in [0.1, 0.15) is 6.26 Å². The summed E-state index contributed by atoms with van der Waals surface area (Å²) >= 11 is 0. The predicted molar refractivity (Wildman–Crippen MR) is 60.6 cm³/mol. The summed E-state index contributed by atoms with van der Waals surface area (Å²) < 4.78 is 6.38. The fourth-order valence-electron chi connectivity index (χ4n) is 0.681. The Morgan fingerprint density at radius 2 is 2.13 bits per heavy atom. The number of hydrogen-bond donors (Lipinski definition) is 1. The van der Waals surface area contributed by atoms with Gasteiger partial charge in [-0.1, -0.05) is 13.8 Å². The van der Waals surface area contributed by atoms with E-state index in [2.05, 4.69) is 19.8 Å². The maximum absolute atomic E-state index is 4.63. The molecule has 0 aliphatic carbocycles. The zero-order valence-corrected chi connectivity index (χ0v) is 9.64. The molecule has 0 unspecified atom stereocenters. The Balaban J connectivity index is 0.000000227. The second kappa shape index (κ2) is 8.80. The smallest absolute Gasteiger partial charge is 0.182 e. The number of aryl methyl sites for hydroxylation is 1. The van der Waals surface area contributed by atoms with Crippen molar-refractivity contribution in [2.75, 3.05) is 12.4 Å². The monoisotopic (exact) mass is 210 g/mol. The van der Waals surface area contributed by atoms with Crippen LogP contribution in [0.5, 0.6) is 0 Å². The van der Waals surface area contributed by atoms with E-state index in [1.165, 1.54) is 6.39 Å². The lowest BCUT2D eigenvalue weighted by Gasteiger charge is -1.82. The summed E-state index contributed by atoms with van der Waals surface area (Å²) in [5.74, 6) is 0.764. The molecule has 0 bridgehead atoms. The van der Waals surface area contributed by atoms with Crippen LogP contribution in [-0.2, 0) is 7.05 Å². The lowest BCUT2D eigenvalue weighted by atomic mass is 10.8. The maximum atomic E-state index is 4.63. The minimum absolute atomic E-state index is 0.764. The maximum Gasteiger partial charge on any atom is 0.182 e. The molecule has 15 heavy (non-hydrogen) atoms. The van der Waals surface area contributed by atoms with Crippen LogP contribution in [0, 0.1) is 0 Å². The van der Waals surface area contributed by atoms with Crippen molar-refractivity contribution in [2.24, 2.45) is 7.05 Å². The third kappa shape index (κ3) is 6.31. The lowest BCUT2D eigenvalue weighted by molar-refractivity contribution is 0.558. The van der Waals surface area contributed by atoms with Crippen molar-refractivity contribution < 1.29 is 4.42 Å². The van der Waals surface area contributed by atoms with Gasteiger partial charge in [0, 0.05) is 26.5 Å². The highest BCUT2D eigenvalue weighted by molar-refractivity contribution is 5.26. The highest BCUT2D eigenvalue weighted by atomic mass is 16.3. The molecular formula is C10H18N4O. The predicted octanol–water partition coefficient (Wildman–Crippen LogP) is 2.16. The Bertz CT molecular complexity index is 302. The van der Waals surface area contributed by atoms with Crippen LogP contribution in [0.1, 0.15) is 13.8 Å². The first-order chi connectivity index (χ1) is 7.33. The van der Waals surface area contributed by atoms with E-state index in [0.29, 0.717) is 0 Å². The van der Waals surface area contributed by atoms with Crippen LogP contribution in [-0.4, -0.2) is 21.8 Å². The summed E-state index contributed by atoms with van der Waals surface area (Å²) in [6.45, 7) is 4.00. The first-order valence-electron chi connectivity index (χ1n) is 4.82. The quantitative estimate of drug-likeness (QED) is 0.783. The molecular weight excluding hydrogens is 192 g/mol.